The number of hydrogen-bond donors (Lipinski definition) is 1. The van der Waals surface area contributed by atoms with E-state index in [1.54, 1.807) is 0 Å². The zero-order valence-corrected chi connectivity index (χ0v) is 11.5. The summed E-state index contributed by atoms with van der Waals surface area (Å²) in [7, 11) is 0. The van der Waals surface area contributed by atoms with E-state index >= 15 is 0 Å². The van der Waals surface area contributed by atoms with E-state index in [0.717, 1.165) is 37.8 Å². The van der Waals surface area contributed by atoms with E-state index in [0.29, 0.717) is 6.61 Å². The minimum Gasteiger partial charge on any atom is -0.491 e. The third-order valence-corrected chi connectivity index (χ3v) is 2.79. The molecule has 6 heteroatoms. The van der Waals surface area contributed by atoms with Gasteiger partial charge in [0, 0.05) is 12.1 Å². The second-order valence-electron chi connectivity index (χ2n) is 4.46. The number of unbranched alkanes of at least 4 members (excludes halogenated alkanes) is 4. The van der Waals surface area contributed by atoms with Crippen LogP contribution in [0.1, 0.15) is 39.0 Å². The van der Waals surface area contributed by atoms with Gasteiger partial charge < -0.3 is 15.2 Å². The van der Waals surface area contributed by atoms with Crippen LogP contribution in [0, 0.1) is 5.82 Å². The smallest absolute Gasteiger partial charge is 0.387 e. The predicted octanol–water partition coefficient (Wildman–Crippen LogP) is 4.36. The fourth-order valence-corrected chi connectivity index (χ4v) is 1.75. The van der Waals surface area contributed by atoms with Crippen molar-refractivity contribution in [2.24, 2.45) is 0 Å². The van der Waals surface area contributed by atoms with Gasteiger partial charge in [0.25, 0.3) is 0 Å². The fourth-order valence-electron chi connectivity index (χ4n) is 1.75. The van der Waals surface area contributed by atoms with Crippen molar-refractivity contribution in [3.8, 4) is 11.5 Å². The highest BCUT2D eigenvalue weighted by molar-refractivity contribution is 5.56. The monoisotopic (exact) mass is 291 g/mol. The summed E-state index contributed by atoms with van der Waals surface area (Å²) < 4.78 is 47.0. The molecule has 0 aliphatic carbocycles. The molecule has 0 aromatic heterocycles. The molecule has 0 unspecified atom stereocenters. The third-order valence-electron chi connectivity index (χ3n) is 2.79. The normalized spacial score (nSPS) is 10.8. The second kappa shape index (κ2) is 8.55. The van der Waals surface area contributed by atoms with E-state index in [-0.39, 0.29) is 11.4 Å². The topological polar surface area (TPSA) is 44.5 Å². The minimum absolute atomic E-state index is 0.0673. The summed E-state index contributed by atoms with van der Waals surface area (Å²) in [4.78, 5) is 0. The van der Waals surface area contributed by atoms with Gasteiger partial charge in [0.1, 0.15) is 5.75 Å². The molecule has 1 aromatic carbocycles. The van der Waals surface area contributed by atoms with E-state index in [4.69, 9.17) is 10.5 Å². The molecule has 0 fully saturated rings. The number of ether oxygens (including phenoxy) is 2. The van der Waals surface area contributed by atoms with Crippen molar-refractivity contribution in [3.63, 3.8) is 0 Å². The van der Waals surface area contributed by atoms with Crippen molar-refractivity contribution < 1.29 is 22.6 Å². The summed E-state index contributed by atoms with van der Waals surface area (Å²) in [6, 6.07) is 1.98. The van der Waals surface area contributed by atoms with Gasteiger partial charge in [0.2, 0.25) is 0 Å². The highest BCUT2D eigenvalue weighted by Crippen LogP contribution is 2.31. The summed E-state index contributed by atoms with van der Waals surface area (Å²) in [5.74, 6) is -1.33. The van der Waals surface area contributed by atoms with E-state index in [1.165, 1.54) is 6.42 Å². The summed E-state index contributed by atoms with van der Waals surface area (Å²) in [6.45, 7) is -0.552. The van der Waals surface area contributed by atoms with Gasteiger partial charge in [-0.15, -0.1) is 0 Å². The average molecular weight is 291 g/mol. The standard InChI is InChI=1S/C14H20F3NO2/c1-2-3-4-5-6-7-19-13-9-12(20-14(16)17)10(15)8-11(13)18/h8-9,14H,2-7,18H2,1H3. The van der Waals surface area contributed by atoms with Gasteiger partial charge >= 0.3 is 6.61 Å². The first-order valence-electron chi connectivity index (χ1n) is 6.71. The molecule has 0 spiro atoms. The lowest BCUT2D eigenvalue weighted by atomic mass is 10.2. The van der Waals surface area contributed by atoms with Crippen LogP contribution in [0.3, 0.4) is 0 Å². The highest BCUT2D eigenvalue weighted by Gasteiger charge is 2.14. The molecule has 0 radical (unpaired) electrons. The number of alkyl halides is 2. The molecule has 20 heavy (non-hydrogen) atoms. The van der Waals surface area contributed by atoms with E-state index in [2.05, 4.69) is 11.7 Å². The molecule has 0 bridgehead atoms. The first kappa shape index (κ1) is 16.5. The first-order chi connectivity index (χ1) is 9.54. The Bertz CT molecular complexity index is 414. The van der Waals surface area contributed by atoms with Crippen LogP contribution in [0.4, 0.5) is 18.9 Å². The molecule has 0 saturated carbocycles. The zero-order chi connectivity index (χ0) is 15.0. The Morgan fingerprint density at radius 2 is 1.80 bits per heavy atom. The van der Waals surface area contributed by atoms with Crippen LogP contribution < -0.4 is 15.2 Å². The highest BCUT2D eigenvalue weighted by atomic mass is 19.3. The maximum atomic E-state index is 13.3. The second-order valence-corrected chi connectivity index (χ2v) is 4.46. The molecule has 0 saturated heterocycles. The van der Waals surface area contributed by atoms with E-state index in [1.807, 2.05) is 0 Å². The summed E-state index contributed by atoms with van der Waals surface area (Å²) in [5.41, 5.74) is 5.64. The maximum absolute atomic E-state index is 13.3. The first-order valence-corrected chi connectivity index (χ1v) is 6.71. The number of halogens is 3. The summed E-state index contributed by atoms with van der Waals surface area (Å²) in [6.07, 6.45) is 5.31. The Hall–Kier alpha value is -1.59. The van der Waals surface area contributed by atoms with Crippen molar-refractivity contribution in [1.29, 1.82) is 0 Å². The van der Waals surface area contributed by atoms with Gasteiger partial charge in [0.05, 0.1) is 12.3 Å². The van der Waals surface area contributed by atoms with Crippen molar-refractivity contribution in [3.05, 3.63) is 17.9 Å². The van der Waals surface area contributed by atoms with Gasteiger partial charge in [0.15, 0.2) is 11.6 Å². The van der Waals surface area contributed by atoms with Crippen LogP contribution in [-0.4, -0.2) is 13.2 Å². The van der Waals surface area contributed by atoms with Crippen LogP contribution in [0.2, 0.25) is 0 Å². The molecule has 0 aliphatic heterocycles. The number of rotatable bonds is 9. The molecule has 0 aliphatic rings. The molecule has 3 nitrogen and oxygen atoms in total. The Balaban J connectivity index is 2.52. The molecule has 1 aromatic rings. The Morgan fingerprint density at radius 3 is 2.45 bits per heavy atom. The third kappa shape index (κ3) is 5.59. The Morgan fingerprint density at radius 1 is 1.10 bits per heavy atom. The van der Waals surface area contributed by atoms with Gasteiger partial charge in [-0.2, -0.15) is 8.78 Å². The lowest BCUT2D eigenvalue weighted by Crippen LogP contribution is -2.06. The van der Waals surface area contributed by atoms with Gasteiger partial charge in [-0.05, 0) is 6.42 Å². The quantitative estimate of drug-likeness (QED) is 0.543. The predicted molar refractivity (Wildman–Crippen MR) is 71.7 cm³/mol. The molecule has 2 N–H and O–H groups in total. The Labute approximate surface area is 116 Å². The zero-order valence-electron chi connectivity index (χ0n) is 11.5. The van der Waals surface area contributed by atoms with Gasteiger partial charge in [-0.1, -0.05) is 32.6 Å². The van der Waals surface area contributed by atoms with Gasteiger partial charge in [-0.25, -0.2) is 4.39 Å². The molecule has 0 amide bonds. The molecule has 0 atom stereocenters. The SMILES string of the molecule is CCCCCCCOc1cc(OC(F)F)c(F)cc1N. The number of hydrogen-bond acceptors (Lipinski definition) is 3. The van der Waals surface area contributed by atoms with Crippen LogP contribution in [-0.2, 0) is 0 Å². The number of nitrogen functional groups attached to an aromatic ring is 1. The molecule has 1 rings (SSSR count). The van der Waals surface area contributed by atoms with Crippen LogP contribution in [0.5, 0.6) is 11.5 Å². The van der Waals surface area contributed by atoms with Crippen molar-refractivity contribution in [2.45, 2.75) is 45.6 Å². The summed E-state index contributed by atoms with van der Waals surface area (Å²) in [5, 5.41) is 0. The number of anilines is 1. The molecular weight excluding hydrogens is 271 g/mol. The average Bonchev–Trinajstić information content (AvgIpc) is 2.38. The lowest BCUT2D eigenvalue weighted by molar-refractivity contribution is -0.0522. The Kier molecular flexibility index (Phi) is 7.04. The molecular formula is C14H20F3NO2. The number of nitrogens with two attached hydrogens (primary N) is 1. The minimum atomic E-state index is -3.09. The van der Waals surface area contributed by atoms with E-state index < -0.39 is 18.2 Å². The van der Waals surface area contributed by atoms with Crippen LogP contribution in [0.15, 0.2) is 12.1 Å². The summed E-state index contributed by atoms with van der Waals surface area (Å²) >= 11 is 0. The van der Waals surface area contributed by atoms with Crippen molar-refractivity contribution in [1.82, 2.24) is 0 Å². The number of benzene rings is 1. The largest absolute Gasteiger partial charge is 0.491 e. The fraction of sp³-hybridized carbons (Fsp3) is 0.571. The molecule has 0 heterocycles. The van der Waals surface area contributed by atoms with E-state index in [9.17, 15) is 13.2 Å². The maximum Gasteiger partial charge on any atom is 0.387 e. The van der Waals surface area contributed by atoms with Crippen molar-refractivity contribution >= 4 is 5.69 Å². The van der Waals surface area contributed by atoms with Crippen LogP contribution >= 0.6 is 0 Å². The van der Waals surface area contributed by atoms with Crippen LogP contribution in [0.25, 0.3) is 0 Å². The molecule has 114 valence electrons. The van der Waals surface area contributed by atoms with Crippen molar-refractivity contribution in [2.75, 3.05) is 12.3 Å². The van der Waals surface area contributed by atoms with Gasteiger partial charge in [-0.3, -0.25) is 0 Å². The lowest BCUT2D eigenvalue weighted by Gasteiger charge is -2.12.